The molecular weight excluding hydrogens is 382 g/mol. The molecule has 3 rings (SSSR count). The van der Waals surface area contributed by atoms with E-state index in [1.54, 1.807) is 38.4 Å². The fraction of sp³-hybridized carbons (Fsp3) is 0.316. The van der Waals surface area contributed by atoms with Gasteiger partial charge in [-0.2, -0.15) is 0 Å². The van der Waals surface area contributed by atoms with E-state index in [1.807, 2.05) is 25.3 Å². The molecule has 0 saturated carbocycles. The number of carbonyl (C=O) groups is 1. The second-order valence-electron chi connectivity index (χ2n) is 6.39. The summed E-state index contributed by atoms with van der Waals surface area (Å²) in [5.41, 5.74) is 1.28. The molecule has 2 aromatic heterocycles. The van der Waals surface area contributed by atoms with Crippen LogP contribution in [0.2, 0.25) is 0 Å². The summed E-state index contributed by atoms with van der Waals surface area (Å²) in [6, 6.07) is 9.01. The Hall–Kier alpha value is -2.32. The van der Waals surface area contributed by atoms with Crippen LogP contribution in [0.25, 0.3) is 10.2 Å². The Morgan fingerprint density at radius 1 is 1.26 bits per heavy atom. The maximum absolute atomic E-state index is 12.8. The monoisotopic (exact) mass is 403 g/mol. The van der Waals surface area contributed by atoms with Crippen molar-refractivity contribution in [1.82, 2.24) is 9.55 Å². The largest absolute Gasteiger partial charge is 0.497 e. The third kappa shape index (κ3) is 4.17. The van der Waals surface area contributed by atoms with Gasteiger partial charge in [-0.1, -0.05) is 25.6 Å². The molecule has 1 N–H and O–H groups in total. The first-order valence-corrected chi connectivity index (χ1v) is 10.2. The minimum atomic E-state index is -0.388. The average molecular weight is 404 g/mol. The van der Waals surface area contributed by atoms with Gasteiger partial charge < -0.3 is 10.1 Å². The number of hydrogen-bond acceptors (Lipinski definition) is 6. The predicted octanol–water partition coefficient (Wildman–Crippen LogP) is 3.76. The first kappa shape index (κ1) is 19.4. The zero-order valence-electron chi connectivity index (χ0n) is 15.6. The molecule has 1 aromatic carbocycles. The molecule has 0 fully saturated rings. The Labute approximate surface area is 165 Å². The zero-order valence-corrected chi connectivity index (χ0v) is 17.2. The van der Waals surface area contributed by atoms with E-state index in [9.17, 15) is 9.59 Å². The van der Waals surface area contributed by atoms with E-state index < -0.39 is 0 Å². The van der Waals surface area contributed by atoms with Gasteiger partial charge in [0.2, 0.25) is 5.91 Å². The Bertz CT molecular complexity index is 1010. The number of amides is 1. The standard InChI is InChI=1S/C19H21N3O3S2/c1-11(2)15(17(23)20-12-5-7-13(25-4)8-6-12)27-19-21-14-9-10-26-16(14)18(24)22(19)3/h5-11,15H,1-4H3,(H,20,23). The van der Waals surface area contributed by atoms with Crippen molar-refractivity contribution in [3.8, 4) is 5.75 Å². The number of aromatic nitrogens is 2. The molecule has 142 valence electrons. The molecule has 0 aliphatic rings. The van der Waals surface area contributed by atoms with Crippen molar-refractivity contribution < 1.29 is 9.53 Å². The number of nitrogens with zero attached hydrogens (tertiary/aromatic N) is 2. The number of hydrogen-bond donors (Lipinski definition) is 1. The lowest BCUT2D eigenvalue weighted by atomic mass is 10.1. The molecule has 3 aromatic rings. The van der Waals surface area contributed by atoms with Gasteiger partial charge in [0, 0.05) is 12.7 Å². The topological polar surface area (TPSA) is 73.2 Å². The SMILES string of the molecule is COc1ccc(NC(=O)C(Sc2nc3ccsc3c(=O)n2C)C(C)C)cc1. The molecule has 2 heterocycles. The van der Waals surface area contributed by atoms with Crippen LogP contribution in [0.4, 0.5) is 5.69 Å². The number of nitrogens with one attached hydrogen (secondary N) is 1. The molecule has 1 unspecified atom stereocenters. The van der Waals surface area contributed by atoms with Gasteiger partial charge in [0.1, 0.15) is 10.4 Å². The zero-order chi connectivity index (χ0) is 19.6. The van der Waals surface area contributed by atoms with Crippen LogP contribution >= 0.6 is 23.1 Å². The van der Waals surface area contributed by atoms with Crippen LogP contribution in [0.1, 0.15) is 13.8 Å². The van der Waals surface area contributed by atoms with E-state index in [1.165, 1.54) is 27.7 Å². The molecule has 6 nitrogen and oxygen atoms in total. The van der Waals surface area contributed by atoms with Gasteiger partial charge >= 0.3 is 0 Å². The van der Waals surface area contributed by atoms with Crippen molar-refractivity contribution >= 4 is 44.9 Å². The summed E-state index contributed by atoms with van der Waals surface area (Å²) in [4.78, 5) is 29.9. The Morgan fingerprint density at radius 2 is 1.96 bits per heavy atom. The Kier molecular flexibility index (Phi) is 5.86. The third-order valence-corrected chi connectivity index (χ3v) is 6.58. The fourth-order valence-electron chi connectivity index (χ4n) is 2.57. The molecule has 8 heteroatoms. The van der Waals surface area contributed by atoms with E-state index in [0.29, 0.717) is 21.1 Å². The van der Waals surface area contributed by atoms with Crippen LogP contribution in [-0.2, 0) is 11.8 Å². The number of thioether (sulfide) groups is 1. The van der Waals surface area contributed by atoms with Crippen LogP contribution in [0, 0.1) is 5.92 Å². The number of thiophene rings is 1. The van der Waals surface area contributed by atoms with Gasteiger partial charge in [-0.05, 0) is 41.6 Å². The van der Waals surface area contributed by atoms with E-state index in [-0.39, 0.29) is 22.6 Å². The van der Waals surface area contributed by atoms with Crippen LogP contribution in [0.3, 0.4) is 0 Å². The van der Waals surface area contributed by atoms with Gasteiger partial charge in [0.05, 0.1) is 17.9 Å². The highest BCUT2D eigenvalue weighted by atomic mass is 32.2. The van der Waals surface area contributed by atoms with Gasteiger partial charge in [0.15, 0.2) is 5.16 Å². The Morgan fingerprint density at radius 3 is 2.59 bits per heavy atom. The van der Waals surface area contributed by atoms with Crippen LogP contribution in [0.5, 0.6) is 5.75 Å². The van der Waals surface area contributed by atoms with E-state index in [0.717, 1.165) is 5.75 Å². The predicted molar refractivity (Wildman–Crippen MR) is 111 cm³/mol. The lowest BCUT2D eigenvalue weighted by Crippen LogP contribution is -2.31. The van der Waals surface area contributed by atoms with E-state index >= 15 is 0 Å². The fourth-order valence-corrected chi connectivity index (χ4v) is 4.43. The Balaban J connectivity index is 1.84. The minimum Gasteiger partial charge on any atom is -0.497 e. The lowest BCUT2D eigenvalue weighted by Gasteiger charge is -2.20. The van der Waals surface area contributed by atoms with Crippen molar-refractivity contribution in [1.29, 1.82) is 0 Å². The number of ether oxygens (including phenoxy) is 1. The van der Waals surface area contributed by atoms with Crippen molar-refractivity contribution in [3.63, 3.8) is 0 Å². The van der Waals surface area contributed by atoms with E-state index in [2.05, 4.69) is 10.3 Å². The highest BCUT2D eigenvalue weighted by Gasteiger charge is 2.26. The molecule has 0 saturated heterocycles. The van der Waals surface area contributed by atoms with Crippen LogP contribution < -0.4 is 15.6 Å². The molecule has 27 heavy (non-hydrogen) atoms. The summed E-state index contributed by atoms with van der Waals surface area (Å²) in [6.07, 6.45) is 0. The molecule has 0 spiro atoms. The number of benzene rings is 1. The second-order valence-corrected chi connectivity index (χ2v) is 8.42. The van der Waals surface area contributed by atoms with Gasteiger partial charge in [-0.25, -0.2) is 4.98 Å². The van der Waals surface area contributed by atoms with Crippen molar-refractivity contribution in [2.75, 3.05) is 12.4 Å². The first-order chi connectivity index (χ1) is 12.9. The van der Waals surface area contributed by atoms with Crippen LogP contribution in [0.15, 0.2) is 45.7 Å². The highest BCUT2D eigenvalue weighted by Crippen LogP contribution is 2.29. The molecule has 1 amide bonds. The molecule has 0 radical (unpaired) electrons. The number of carbonyl (C=O) groups excluding carboxylic acids is 1. The minimum absolute atomic E-state index is 0.0586. The maximum Gasteiger partial charge on any atom is 0.271 e. The van der Waals surface area contributed by atoms with Crippen molar-refractivity contribution in [2.24, 2.45) is 13.0 Å². The summed E-state index contributed by atoms with van der Waals surface area (Å²) in [5.74, 6) is 0.661. The number of rotatable bonds is 6. The quantitative estimate of drug-likeness (QED) is 0.501. The van der Waals surface area contributed by atoms with Crippen LogP contribution in [-0.4, -0.2) is 27.8 Å². The number of fused-ring (bicyclic) bond motifs is 1. The average Bonchev–Trinajstić information content (AvgIpc) is 3.12. The molecule has 0 aliphatic carbocycles. The number of anilines is 1. The summed E-state index contributed by atoms with van der Waals surface area (Å²) < 4.78 is 7.28. The molecular formula is C19H21N3O3S2. The van der Waals surface area contributed by atoms with Gasteiger partial charge in [-0.3, -0.25) is 14.2 Å². The summed E-state index contributed by atoms with van der Waals surface area (Å²) >= 11 is 2.69. The number of methoxy groups -OCH3 is 1. The van der Waals surface area contributed by atoms with Crippen molar-refractivity contribution in [3.05, 3.63) is 46.1 Å². The normalized spacial score (nSPS) is 12.3. The third-order valence-electron chi connectivity index (χ3n) is 4.10. The molecule has 0 aliphatic heterocycles. The lowest BCUT2D eigenvalue weighted by molar-refractivity contribution is -0.116. The van der Waals surface area contributed by atoms with Gasteiger partial charge in [0.25, 0.3) is 5.56 Å². The second kappa shape index (κ2) is 8.14. The molecule has 0 bridgehead atoms. The van der Waals surface area contributed by atoms with Crippen molar-refractivity contribution in [2.45, 2.75) is 24.3 Å². The van der Waals surface area contributed by atoms with Gasteiger partial charge in [-0.15, -0.1) is 11.3 Å². The summed E-state index contributed by atoms with van der Waals surface area (Å²) in [5, 5.41) is 4.93. The maximum atomic E-state index is 12.8. The smallest absolute Gasteiger partial charge is 0.271 e. The summed E-state index contributed by atoms with van der Waals surface area (Å²) in [7, 11) is 3.29. The molecule has 1 atom stereocenters. The summed E-state index contributed by atoms with van der Waals surface area (Å²) in [6.45, 7) is 3.96. The highest BCUT2D eigenvalue weighted by molar-refractivity contribution is 8.00. The van der Waals surface area contributed by atoms with E-state index in [4.69, 9.17) is 4.74 Å². The first-order valence-electron chi connectivity index (χ1n) is 8.46.